The second-order valence-corrected chi connectivity index (χ2v) is 5.33. The molecule has 2 aromatic rings. The molecule has 0 aliphatic heterocycles. The Morgan fingerprint density at radius 3 is 2.87 bits per heavy atom. The molecule has 0 saturated heterocycles. The molecule has 0 fully saturated rings. The van der Waals surface area contributed by atoms with Crippen molar-refractivity contribution in [2.24, 2.45) is 0 Å². The average Bonchev–Trinajstić information content (AvgIpc) is 2.61. The van der Waals surface area contributed by atoms with Crippen molar-refractivity contribution in [3.63, 3.8) is 0 Å². The molecule has 0 saturated carbocycles. The van der Waals surface area contributed by atoms with Crippen molar-refractivity contribution < 1.29 is 0 Å². The lowest BCUT2D eigenvalue weighted by atomic mass is 9.97. The summed E-state index contributed by atoms with van der Waals surface area (Å²) in [6.45, 7) is 3.73. The molecule has 0 amide bonds. The third-order valence-electron chi connectivity index (χ3n) is 2.16. The monoisotopic (exact) mass is 236 g/mol. The van der Waals surface area contributed by atoms with Crippen molar-refractivity contribution in [1.82, 2.24) is 4.98 Å². The SMILES string of the molecule is CC(C)(C#N)c1nc2cc(Cl)ccc2s1. The maximum absolute atomic E-state index is 9.02. The molecule has 0 aliphatic rings. The first kappa shape index (κ1) is 10.4. The van der Waals surface area contributed by atoms with E-state index in [1.807, 2.05) is 32.0 Å². The Kier molecular flexibility index (Phi) is 2.41. The summed E-state index contributed by atoms with van der Waals surface area (Å²) < 4.78 is 1.07. The van der Waals surface area contributed by atoms with Crippen molar-refractivity contribution in [2.75, 3.05) is 0 Å². The van der Waals surface area contributed by atoms with Crippen LogP contribution >= 0.6 is 22.9 Å². The van der Waals surface area contributed by atoms with Gasteiger partial charge in [0.2, 0.25) is 0 Å². The van der Waals surface area contributed by atoms with Gasteiger partial charge in [-0.1, -0.05) is 11.6 Å². The van der Waals surface area contributed by atoms with Crippen LogP contribution in [0.1, 0.15) is 18.9 Å². The highest BCUT2D eigenvalue weighted by atomic mass is 35.5. The van der Waals surface area contributed by atoms with Gasteiger partial charge in [0.25, 0.3) is 0 Å². The summed E-state index contributed by atoms with van der Waals surface area (Å²) in [5.41, 5.74) is 0.335. The Labute approximate surface area is 97.1 Å². The van der Waals surface area contributed by atoms with Crippen LogP contribution in [0.5, 0.6) is 0 Å². The van der Waals surface area contributed by atoms with Crippen LogP contribution in [0.4, 0.5) is 0 Å². The van der Waals surface area contributed by atoms with Crippen LogP contribution in [0.3, 0.4) is 0 Å². The molecular formula is C11H9ClN2S. The number of aromatic nitrogens is 1. The van der Waals surface area contributed by atoms with E-state index in [9.17, 15) is 0 Å². The zero-order chi connectivity index (χ0) is 11.1. The predicted molar refractivity (Wildman–Crippen MR) is 63.3 cm³/mol. The first-order chi connectivity index (χ1) is 7.03. The maximum Gasteiger partial charge on any atom is 0.114 e. The van der Waals surface area contributed by atoms with E-state index in [2.05, 4.69) is 11.1 Å². The van der Waals surface area contributed by atoms with Crippen molar-refractivity contribution in [1.29, 1.82) is 5.26 Å². The smallest absolute Gasteiger partial charge is 0.114 e. The van der Waals surface area contributed by atoms with Gasteiger partial charge in [0.1, 0.15) is 10.4 Å². The quantitative estimate of drug-likeness (QED) is 0.756. The Hall–Kier alpha value is -1.11. The van der Waals surface area contributed by atoms with E-state index < -0.39 is 5.41 Å². The molecule has 2 rings (SSSR count). The highest BCUT2D eigenvalue weighted by Crippen LogP contribution is 2.32. The number of rotatable bonds is 1. The van der Waals surface area contributed by atoms with Gasteiger partial charge < -0.3 is 0 Å². The van der Waals surface area contributed by atoms with Crippen molar-refractivity contribution >= 4 is 33.2 Å². The minimum Gasteiger partial charge on any atom is -0.239 e. The molecule has 1 aromatic heterocycles. The lowest BCUT2D eigenvalue weighted by Crippen LogP contribution is -2.12. The normalized spacial score (nSPS) is 11.6. The standard InChI is InChI=1S/C11H9ClN2S/c1-11(2,6-13)10-14-8-5-7(12)3-4-9(8)15-10/h3-5H,1-2H3. The van der Waals surface area contributed by atoms with Crippen LogP contribution in [-0.2, 0) is 5.41 Å². The summed E-state index contributed by atoms with van der Waals surface area (Å²) in [6.07, 6.45) is 0. The van der Waals surface area contributed by atoms with Crippen molar-refractivity contribution in [3.8, 4) is 6.07 Å². The topological polar surface area (TPSA) is 36.7 Å². The van der Waals surface area contributed by atoms with E-state index in [0.717, 1.165) is 15.2 Å². The van der Waals surface area contributed by atoms with E-state index in [0.29, 0.717) is 5.02 Å². The fraction of sp³-hybridized carbons (Fsp3) is 0.273. The number of halogens is 1. The Balaban J connectivity index is 2.63. The number of fused-ring (bicyclic) bond motifs is 1. The highest BCUT2D eigenvalue weighted by Gasteiger charge is 2.24. The molecule has 76 valence electrons. The molecule has 0 unspecified atom stereocenters. The lowest BCUT2D eigenvalue weighted by Gasteiger charge is -2.09. The Bertz CT molecular complexity index is 551. The number of benzene rings is 1. The fourth-order valence-corrected chi connectivity index (χ4v) is 2.38. The fourth-order valence-electron chi connectivity index (χ4n) is 1.22. The number of nitrogens with zero attached hydrogens (tertiary/aromatic N) is 2. The molecule has 0 atom stereocenters. The van der Waals surface area contributed by atoms with Gasteiger partial charge >= 0.3 is 0 Å². The average molecular weight is 237 g/mol. The first-order valence-electron chi connectivity index (χ1n) is 4.51. The third kappa shape index (κ3) is 1.83. The largest absolute Gasteiger partial charge is 0.239 e. The molecule has 2 nitrogen and oxygen atoms in total. The van der Waals surface area contributed by atoms with E-state index in [1.165, 1.54) is 0 Å². The summed E-state index contributed by atoms with van der Waals surface area (Å²) >= 11 is 7.42. The van der Waals surface area contributed by atoms with Crippen molar-refractivity contribution in [3.05, 3.63) is 28.2 Å². The molecule has 0 radical (unpaired) electrons. The van der Waals surface area contributed by atoms with Gasteiger partial charge in [-0.25, -0.2) is 4.98 Å². The second-order valence-electron chi connectivity index (χ2n) is 3.87. The van der Waals surface area contributed by atoms with Gasteiger partial charge in [-0.3, -0.25) is 0 Å². The van der Waals surface area contributed by atoms with E-state index in [1.54, 1.807) is 11.3 Å². The lowest BCUT2D eigenvalue weighted by molar-refractivity contribution is 0.682. The van der Waals surface area contributed by atoms with Crippen LogP contribution in [0.25, 0.3) is 10.2 Å². The van der Waals surface area contributed by atoms with Gasteiger partial charge in [0, 0.05) is 5.02 Å². The summed E-state index contributed by atoms with van der Waals surface area (Å²) in [4.78, 5) is 4.43. The zero-order valence-corrected chi connectivity index (χ0v) is 9.99. The summed E-state index contributed by atoms with van der Waals surface area (Å²) in [7, 11) is 0. The molecule has 0 bridgehead atoms. The molecule has 15 heavy (non-hydrogen) atoms. The van der Waals surface area contributed by atoms with Crippen molar-refractivity contribution in [2.45, 2.75) is 19.3 Å². The number of hydrogen-bond donors (Lipinski definition) is 0. The molecule has 1 aromatic carbocycles. The van der Waals surface area contributed by atoms with Crippen LogP contribution < -0.4 is 0 Å². The molecule has 0 aliphatic carbocycles. The van der Waals surface area contributed by atoms with Crippen LogP contribution in [-0.4, -0.2) is 4.98 Å². The van der Waals surface area contributed by atoms with Crippen LogP contribution in [0, 0.1) is 11.3 Å². The molecule has 1 heterocycles. The maximum atomic E-state index is 9.02. The minimum atomic E-state index is -0.532. The molecule has 0 N–H and O–H groups in total. The van der Waals surface area contributed by atoms with Crippen LogP contribution in [0.2, 0.25) is 5.02 Å². The van der Waals surface area contributed by atoms with Gasteiger partial charge in [0.15, 0.2) is 0 Å². The van der Waals surface area contributed by atoms with Crippen LogP contribution in [0.15, 0.2) is 18.2 Å². The Morgan fingerprint density at radius 1 is 1.47 bits per heavy atom. The summed E-state index contributed by atoms with van der Waals surface area (Å²) in [6, 6.07) is 7.85. The van der Waals surface area contributed by atoms with E-state index in [-0.39, 0.29) is 0 Å². The first-order valence-corrected chi connectivity index (χ1v) is 5.70. The van der Waals surface area contributed by atoms with Gasteiger partial charge in [-0.2, -0.15) is 5.26 Å². The predicted octanol–water partition coefficient (Wildman–Crippen LogP) is 3.75. The number of thiazole rings is 1. The summed E-state index contributed by atoms with van der Waals surface area (Å²) in [5.74, 6) is 0. The molecule has 4 heteroatoms. The molecule has 0 spiro atoms. The van der Waals surface area contributed by atoms with E-state index >= 15 is 0 Å². The number of nitriles is 1. The van der Waals surface area contributed by atoms with Gasteiger partial charge in [-0.15, -0.1) is 11.3 Å². The van der Waals surface area contributed by atoms with Gasteiger partial charge in [0.05, 0.1) is 16.3 Å². The highest BCUT2D eigenvalue weighted by molar-refractivity contribution is 7.18. The minimum absolute atomic E-state index is 0.532. The number of hydrogen-bond acceptors (Lipinski definition) is 3. The summed E-state index contributed by atoms with van der Waals surface area (Å²) in [5, 5.41) is 10.5. The van der Waals surface area contributed by atoms with Gasteiger partial charge in [-0.05, 0) is 32.0 Å². The second kappa shape index (κ2) is 3.48. The molecular weight excluding hydrogens is 228 g/mol. The Morgan fingerprint density at radius 2 is 2.20 bits per heavy atom. The van der Waals surface area contributed by atoms with E-state index in [4.69, 9.17) is 16.9 Å². The zero-order valence-electron chi connectivity index (χ0n) is 8.41. The third-order valence-corrected chi connectivity index (χ3v) is 3.76.